The molecule has 29 heavy (non-hydrogen) atoms. The normalized spacial score (nSPS) is 21.6. The highest BCUT2D eigenvalue weighted by Gasteiger charge is 2.45. The fourth-order valence-corrected chi connectivity index (χ4v) is 4.26. The quantitative estimate of drug-likeness (QED) is 0.712. The Balaban J connectivity index is 1.29. The minimum atomic E-state index is -0.494. The Labute approximate surface area is 178 Å². The van der Waals surface area contributed by atoms with E-state index < -0.39 is 10.8 Å². The Hall–Kier alpha value is -2.17. The van der Waals surface area contributed by atoms with Crippen molar-refractivity contribution in [1.29, 1.82) is 0 Å². The standard InChI is InChI=1S/C18H22ClN5O4S/c19-13-2-1-5-20-15(13)22-8-10-23(11-9-22)16(25)14-12-18(28-21-14)3-6-24(7-4-18)27-17(26)29/h1-2,5H,3-4,6-12H2,(H,26,29). The van der Waals surface area contributed by atoms with Crippen molar-refractivity contribution in [1.82, 2.24) is 14.9 Å². The van der Waals surface area contributed by atoms with Crippen LogP contribution < -0.4 is 4.90 Å². The van der Waals surface area contributed by atoms with Gasteiger partial charge in [-0.1, -0.05) is 16.8 Å². The molecule has 1 aromatic rings. The highest BCUT2D eigenvalue weighted by molar-refractivity contribution is 7.79. The fourth-order valence-electron chi connectivity index (χ4n) is 3.91. The van der Waals surface area contributed by atoms with E-state index in [-0.39, 0.29) is 5.91 Å². The SMILES string of the molecule is O=C(C1=NOC2(CCN(OC(O)=S)CC2)C1)N1CCN(c2ncccc2Cl)CC1. The van der Waals surface area contributed by atoms with E-state index >= 15 is 0 Å². The largest absolute Gasteiger partial charge is 0.471 e. The average molecular weight is 440 g/mol. The number of aliphatic hydroxyl groups is 1. The number of carbonyl (C=O) groups is 1. The summed E-state index contributed by atoms with van der Waals surface area (Å²) in [5, 5.41) is 14.9. The van der Waals surface area contributed by atoms with Gasteiger partial charge in [-0.25, -0.2) is 4.98 Å². The number of oxime groups is 1. The zero-order valence-corrected chi connectivity index (χ0v) is 17.4. The maximum absolute atomic E-state index is 12.9. The number of nitrogens with zero attached hydrogens (tertiary/aromatic N) is 5. The van der Waals surface area contributed by atoms with E-state index in [1.165, 1.54) is 0 Å². The maximum atomic E-state index is 12.9. The van der Waals surface area contributed by atoms with Crippen LogP contribution in [0.15, 0.2) is 23.5 Å². The summed E-state index contributed by atoms with van der Waals surface area (Å²) >= 11 is 10.8. The van der Waals surface area contributed by atoms with E-state index in [0.29, 0.717) is 69.3 Å². The van der Waals surface area contributed by atoms with Crippen molar-refractivity contribution in [2.45, 2.75) is 24.9 Å². The van der Waals surface area contributed by atoms with Crippen LogP contribution in [0.25, 0.3) is 0 Å². The summed E-state index contributed by atoms with van der Waals surface area (Å²) < 4.78 is 0. The summed E-state index contributed by atoms with van der Waals surface area (Å²) in [5.74, 6) is 0.668. The summed E-state index contributed by atoms with van der Waals surface area (Å²) in [6.07, 6.45) is 3.48. The van der Waals surface area contributed by atoms with Crippen molar-refractivity contribution in [3.05, 3.63) is 23.4 Å². The van der Waals surface area contributed by atoms with E-state index in [9.17, 15) is 4.79 Å². The fraction of sp³-hybridized carbons (Fsp3) is 0.556. The summed E-state index contributed by atoms with van der Waals surface area (Å²) in [5.41, 5.74) is -0.0213. The molecule has 2 saturated heterocycles. The van der Waals surface area contributed by atoms with Gasteiger partial charge in [-0.2, -0.15) is 0 Å². The van der Waals surface area contributed by atoms with Gasteiger partial charge < -0.3 is 24.6 Å². The smallest absolute Gasteiger partial charge is 0.369 e. The molecule has 0 atom stereocenters. The molecule has 11 heteroatoms. The predicted octanol–water partition coefficient (Wildman–Crippen LogP) is 1.77. The molecule has 0 saturated carbocycles. The first-order valence-corrected chi connectivity index (χ1v) is 10.3. The number of amides is 1. The molecule has 3 aliphatic rings. The summed E-state index contributed by atoms with van der Waals surface area (Å²) in [7, 11) is 0. The van der Waals surface area contributed by atoms with Crippen molar-refractivity contribution in [2.75, 3.05) is 44.2 Å². The highest BCUT2D eigenvalue weighted by atomic mass is 35.5. The van der Waals surface area contributed by atoms with E-state index in [0.717, 1.165) is 5.82 Å². The van der Waals surface area contributed by atoms with E-state index in [2.05, 4.69) is 27.3 Å². The number of pyridine rings is 1. The monoisotopic (exact) mass is 439 g/mol. The first kappa shape index (κ1) is 20.1. The average Bonchev–Trinajstić information content (AvgIpc) is 3.13. The van der Waals surface area contributed by atoms with Crippen LogP contribution in [-0.2, 0) is 14.5 Å². The number of carbonyl (C=O) groups excluding carboxylic acids is 1. The number of hydrogen-bond acceptors (Lipinski definition) is 8. The number of aliphatic hydroxyl groups excluding tert-OH is 1. The second-order valence-corrected chi connectivity index (χ2v) is 8.12. The topological polar surface area (TPSA) is 90.7 Å². The molecule has 1 N–H and O–H groups in total. The van der Waals surface area contributed by atoms with Crippen LogP contribution >= 0.6 is 23.8 Å². The van der Waals surface area contributed by atoms with E-state index in [1.807, 2.05) is 6.07 Å². The lowest BCUT2D eigenvalue weighted by Crippen LogP contribution is -2.51. The number of aromatic nitrogens is 1. The molecule has 0 aliphatic carbocycles. The Kier molecular flexibility index (Phi) is 5.75. The molecule has 2 fully saturated rings. The second-order valence-electron chi connectivity index (χ2n) is 7.36. The number of hydrogen-bond donors (Lipinski definition) is 1. The van der Waals surface area contributed by atoms with Gasteiger partial charge in [-0.05, 0) is 12.1 Å². The van der Waals surface area contributed by atoms with Crippen LogP contribution in [0.4, 0.5) is 5.82 Å². The predicted molar refractivity (Wildman–Crippen MR) is 111 cm³/mol. The third kappa shape index (κ3) is 4.39. The van der Waals surface area contributed by atoms with E-state index in [1.54, 1.807) is 22.2 Å². The number of piperidine rings is 1. The lowest BCUT2D eigenvalue weighted by Gasteiger charge is -2.36. The molecule has 0 bridgehead atoms. The van der Waals surface area contributed by atoms with E-state index in [4.69, 9.17) is 26.4 Å². The summed E-state index contributed by atoms with van der Waals surface area (Å²) in [4.78, 5) is 31.9. The highest BCUT2D eigenvalue weighted by Crippen LogP contribution is 2.35. The molecular formula is C18H22ClN5O4S. The molecule has 0 unspecified atom stereocenters. The number of anilines is 1. The minimum Gasteiger partial charge on any atom is -0.471 e. The van der Waals surface area contributed by atoms with Gasteiger partial charge in [-0.3, -0.25) is 4.79 Å². The molecule has 0 radical (unpaired) electrons. The van der Waals surface area contributed by atoms with Gasteiger partial charge in [0.05, 0.1) is 5.02 Å². The Morgan fingerprint density at radius 3 is 2.62 bits per heavy atom. The minimum absolute atomic E-state index is 0.0798. The molecule has 156 valence electrons. The van der Waals surface area contributed by atoms with Crippen LogP contribution in [0.5, 0.6) is 0 Å². The van der Waals surface area contributed by atoms with Gasteiger partial charge in [-0.15, -0.1) is 5.06 Å². The summed E-state index contributed by atoms with van der Waals surface area (Å²) in [6, 6.07) is 3.62. The molecule has 4 heterocycles. The zero-order valence-electron chi connectivity index (χ0n) is 15.8. The third-order valence-corrected chi connectivity index (χ3v) is 5.90. The van der Waals surface area contributed by atoms with Gasteiger partial charge in [0.15, 0.2) is 0 Å². The van der Waals surface area contributed by atoms with Gasteiger partial charge in [0.2, 0.25) is 0 Å². The Bertz CT molecular complexity index is 822. The molecule has 1 aromatic heterocycles. The molecule has 1 spiro atoms. The van der Waals surface area contributed by atoms with Gasteiger partial charge in [0.25, 0.3) is 5.91 Å². The second kappa shape index (κ2) is 8.29. The first-order chi connectivity index (χ1) is 14.0. The lowest BCUT2D eigenvalue weighted by atomic mass is 9.87. The first-order valence-electron chi connectivity index (χ1n) is 9.51. The molecule has 0 aromatic carbocycles. The van der Waals surface area contributed by atoms with Crippen molar-refractivity contribution >= 4 is 46.5 Å². The zero-order chi connectivity index (χ0) is 20.4. The van der Waals surface area contributed by atoms with Crippen LogP contribution in [-0.4, -0.2) is 81.8 Å². The van der Waals surface area contributed by atoms with Crippen molar-refractivity contribution in [2.24, 2.45) is 5.16 Å². The van der Waals surface area contributed by atoms with Crippen LogP contribution in [0.1, 0.15) is 19.3 Å². The molecular weight excluding hydrogens is 418 g/mol. The maximum Gasteiger partial charge on any atom is 0.369 e. The Morgan fingerprint density at radius 2 is 1.97 bits per heavy atom. The number of piperazine rings is 1. The van der Waals surface area contributed by atoms with Crippen LogP contribution in [0.2, 0.25) is 5.02 Å². The molecule has 3 aliphatic heterocycles. The molecule has 4 rings (SSSR count). The number of rotatable bonds is 3. The van der Waals surface area contributed by atoms with Crippen molar-refractivity contribution in [3.8, 4) is 0 Å². The van der Waals surface area contributed by atoms with Crippen LogP contribution in [0, 0.1) is 0 Å². The lowest BCUT2D eigenvalue weighted by molar-refractivity contribution is -0.151. The number of thiocarbonyl (C=S) groups is 1. The van der Waals surface area contributed by atoms with Gasteiger partial charge in [0.1, 0.15) is 17.1 Å². The third-order valence-electron chi connectivity index (χ3n) is 5.53. The van der Waals surface area contributed by atoms with Gasteiger partial charge >= 0.3 is 5.24 Å². The Morgan fingerprint density at radius 1 is 1.24 bits per heavy atom. The molecule has 1 amide bonds. The summed E-state index contributed by atoms with van der Waals surface area (Å²) in [6.45, 7) is 3.56. The van der Waals surface area contributed by atoms with Gasteiger partial charge in [0, 0.05) is 76.9 Å². The van der Waals surface area contributed by atoms with Crippen LogP contribution in [0.3, 0.4) is 0 Å². The number of halogens is 1. The molecule has 9 nitrogen and oxygen atoms in total. The number of hydroxylamine groups is 2. The van der Waals surface area contributed by atoms with Crippen molar-refractivity contribution < 1.29 is 19.6 Å². The van der Waals surface area contributed by atoms with Crippen molar-refractivity contribution in [3.63, 3.8) is 0 Å².